The van der Waals surface area contributed by atoms with Crippen molar-refractivity contribution in [2.75, 3.05) is 0 Å². The predicted molar refractivity (Wildman–Crippen MR) is 63.6 cm³/mol. The van der Waals surface area contributed by atoms with Gasteiger partial charge in [0.1, 0.15) is 11.5 Å². The van der Waals surface area contributed by atoms with Crippen LogP contribution in [-0.4, -0.2) is 10.2 Å². The molecule has 0 aromatic heterocycles. The van der Waals surface area contributed by atoms with Gasteiger partial charge in [-0.1, -0.05) is 30.3 Å². The molecule has 0 unspecified atom stereocenters. The molecular weight excluding hydrogens is 200 g/mol. The molecule has 2 heteroatoms. The van der Waals surface area contributed by atoms with Crippen molar-refractivity contribution in [2.45, 2.75) is 12.8 Å². The zero-order valence-corrected chi connectivity index (χ0v) is 8.93. The van der Waals surface area contributed by atoms with Crippen LogP contribution in [0.15, 0.2) is 48.5 Å². The third-order valence-electron chi connectivity index (χ3n) is 2.59. The molecule has 2 aromatic carbocycles. The first-order valence-corrected chi connectivity index (χ1v) is 5.30. The maximum absolute atomic E-state index is 9.59. The number of para-hydroxylation sites is 1. The first-order chi connectivity index (χ1) is 7.75. The summed E-state index contributed by atoms with van der Waals surface area (Å²) in [7, 11) is 0. The van der Waals surface area contributed by atoms with Gasteiger partial charge in [0.25, 0.3) is 0 Å². The van der Waals surface area contributed by atoms with E-state index in [1.807, 2.05) is 30.3 Å². The van der Waals surface area contributed by atoms with Crippen molar-refractivity contribution in [3.63, 3.8) is 0 Å². The molecule has 2 aromatic rings. The van der Waals surface area contributed by atoms with Gasteiger partial charge in [0.05, 0.1) is 0 Å². The second kappa shape index (κ2) is 4.71. The van der Waals surface area contributed by atoms with Gasteiger partial charge in [-0.3, -0.25) is 0 Å². The summed E-state index contributed by atoms with van der Waals surface area (Å²) in [6.45, 7) is 0. The molecule has 0 aliphatic heterocycles. The van der Waals surface area contributed by atoms with E-state index in [1.165, 1.54) is 0 Å². The van der Waals surface area contributed by atoms with Crippen LogP contribution in [0.4, 0.5) is 0 Å². The lowest BCUT2D eigenvalue weighted by Gasteiger charge is -2.04. The number of phenolic OH excluding ortho intramolecular Hbond substituents is 2. The number of benzene rings is 2. The fraction of sp³-hybridized carbons (Fsp3) is 0.143. The largest absolute Gasteiger partial charge is 0.508 e. The molecule has 0 saturated carbocycles. The Bertz CT molecular complexity index is 478. The van der Waals surface area contributed by atoms with E-state index in [-0.39, 0.29) is 5.75 Å². The zero-order chi connectivity index (χ0) is 11.4. The van der Waals surface area contributed by atoms with Crippen molar-refractivity contribution >= 4 is 0 Å². The van der Waals surface area contributed by atoms with Gasteiger partial charge >= 0.3 is 0 Å². The van der Waals surface area contributed by atoms with E-state index in [2.05, 4.69) is 0 Å². The molecule has 0 aliphatic rings. The minimum atomic E-state index is 0.287. The van der Waals surface area contributed by atoms with Crippen LogP contribution in [0.3, 0.4) is 0 Å². The fourth-order valence-electron chi connectivity index (χ4n) is 1.71. The molecule has 0 fully saturated rings. The maximum atomic E-state index is 9.59. The van der Waals surface area contributed by atoms with Crippen LogP contribution in [0.25, 0.3) is 0 Å². The van der Waals surface area contributed by atoms with E-state index in [0.717, 1.165) is 24.0 Å². The average molecular weight is 214 g/mol. The summed E-state index contributed by atoms with van der Waals surface area (Å²) in [6.07, 6.45) is 1.59. The van der Waals surface area contributed by atoms with Gasteiger partial charge in [0.15, 0.2) is 0 Å². The summed E-state index contributed by atoms with van der Waals surface area (Å²) < 4.78 is 0. The molecular formula is C14H14O2. The van der Waals surface area contributed by atoms with Gasteiger partial charge in [-0.25, -0.2) is 0 Å². The number of rotatable bonds is 3. The molecule has 0 radical (unpaired) electrons. The number of aromatic hydroxyl groups is 2. The standard InChI is InChI=1S/C14H14O2/c15-13-6-3-4-11(10-13)8-9-12-5-1-2-7-14(12)16/h1-7,10,15-16H,8-9H2. The van der Waals surface area contributed by atoms with Gasteiger partial charge in [0, 0.05) is 0 Å². The molecule has 2 rings (SSSR count). The molecule has 0 atom stereocenters. The highest BCUT2D eigenvalue weighted by Crippen LogP contribution is 2.19. The van der Waals surface area contributed by atoms with E-state index in [1.54, 1.807) is 18.2 Å². The summed E-state index contributed by atoms with van der Waals surface area (Å²) >= 11 is 0. The first-order valence-electron chi connectivity index (χ1n) is 5.30. The van der Waals surface area contributed by atoms with E-state index in [0.29, 0.717) is 5.75 Å². The molecule has 0 heterocycles. The van der Waals surface area contributed by atoms with Crippen LogP contribution in [0, 0.1) is 0 Å². The normalized spacial score (nSPS) is 10.2. The van der Waals surface area contributed by atoms with Crippen molar-refractivity contribution in [1.82, 2.24) is 0 Å². The topological polar surface area (TPSA) is 40.5 Å². The van der Waals surface area contributed by atoms with Crippen molar-refractivity contribution in [2.24, 2.45) is 0 Å². The summed E-state index contributed by atoms with van der Waals surface area (Å²) in [5.74, 6) is 0.623. The molecule has 16 heavy (non-hydrogen) atoms. The quantitative estimate of drug-likeness (QED) is 0.824. The highest BCUT2D eigenvalue weighted by atomic mass is 16.3. The van der Waals surface area contributed by atoms with E-state index < -0.39 is 0 Å². The van der Waals surface area contributed by atoms with Crippen LogP contribution in [0.5, 0.6) is 11.5 Å². The molecule has 0 spiro atoms. The Balaban J connectivity index is 2.05. The molecule has 2 nitrogen and oxygen atoms in total. The Morgan fingerprint density at radius 1 is 0.812 bits per heavy atom. The number of phenols is 2. The Morgan fingerprint density at radius 2 is 1.62 bits per heavy atom. The smallest absolute Gasteiger partial charge is 0.118 e. The lowest BCUT2D eigenvalue weighted by Crippen LogP contribution is -1.91. The van der Waals surface area contributed by atoms with Crippen LogP contribution in [-0.2, 0) is 12.8 Å². The summed E-state index contributed by atoms with van der Waals surface area (Å²) in [4.78, 5) is 0. The van der Waals surface area contributed by atoms with Crippen molar-refractivity contribution in [3.05, 3.63) is 59.7 Å². The lowest BCUT2D eigenvalue weighted by molar-refractivity contribution is 0.467. The van der Waals surface area contributed by atoms with Gasteiger partial charge in [0.2, 0.25) is 0 Å². The van der Waals surface area contributed by atoms with Gasteiger partial charge in [-0.15, -0.1) is 0 Å². The maximum Gasteiger partial charge on any atom is 0.118 e. The summed E-state index contributed by atoms with van der Waals surface area (Å²) in [5, 5.41) is 18.9. The molecule has 82 valence electrons. The SMILES string of the molecule is Oc1cccc(CCc2ccccc2O)c1. The van der Waals surface area contributed by atoms with Crippen LogP contribution >= 0.6 is 0 Å². The highest BCUT2D eigenvalue weighted by Gasteiger charge is 2.00. The first kappa shape index (κ1) is 10.6. The zero-order valence-electron chi connectivity index (χ0n) is 8.93. The molecule has 2 N–H and O–H groups in total. The summed E-state index contributed by atoms with van der Waals surface area (Å²) in [6, 6.07) is 14.5. The minimum absolute atomic E-state index is 0.287. The van der Waals surface area contributed by atoms with E-state index in [4.69, 9.17) is 0 Å². The average Bonchev–Trinajstić information content (AvgIpc) is 2.28. The predicted octanol–water partition coefficient (Wildman–Crippen LogP) is 2.88. The monoisotopic (exact) mass is 214 g/mol. The van der Waals surface area contributed by atoms with Gasteiger partial charge in [-0.05, 0) is 42.2 Å². The van der Waals surface area contributed by atoms with Crippen LogP contribution < -0.4 is 0 Å². The highest BCUT2D eigenvalue weighted by molar-refractivity contribution is 5.33. The number of aryl methyl sites for hydroxylation is 2. The van der Waals surface area contributed by atoms with Crippen molar-refractivity contribution in [1.29, 1.82) is 0 Å². The van der Waals surface area contributed by atoms with Crippen LogP contribution in [0.2, 0.25) is 0 Å². The Hall–Kier alpha value is -1.96. The Morgan fingerprint density at radius 3 is 2.38 bits per heavy atom. The fourth-order valence-corrected chi connectivity index (χ4v) is 1.71. The molecule has 0 aliphatic carbocycles. The minimum Gasteiger partial charge on any atom is -0.508 e. The Labute approximate surface area is 94.8 Å². The second-order valence-corrected chi connectivity index (χ2v) is 3.80. The van der Waals surface area contributed by atoms with Crippen molar-refractivity contribution < 1.29 is 10.2 Å². The Kier molecular flexibility index (Phi) is 3.10. The van der Waals surface area contributed by atoms with Gasteiger partial charge in [-0.2, -0.15) is 0 Å². The lowest BCUT2D eigenvalue weighted by atomic mass is 10.0. The van der Waals surface area contributed by atoms with E-state index in [9.17, 15) is 10.2 Å². The third kappa shape index (κ3) is 2.54. The third-order valence-corrected chi connectivity index (χ3v) is 2.59. The number of hydrogen-bond acceptors (Lipinski definition) is 2. The van der Waals surface area contributed by atoms with Gasteiger partial charge < -0.3 is 10.2 Å². The molecule has 0 bridgehead atoms. The summed E-state index contributed by atoms with van der Waals surface area (Å²) in [5.41, 5.74) is 2.01. The van der Waals surface area contributed by atoms with Crippen LogP contribution in [0.1, 0.15) is 11.1 Å². The molecule has 0 saturated heterocycles. The number of hydrogen-bond donors (Lipinski definition) is 2. The van der Waals surface area contributed by atoms with Crippen molar-refractivity contribution in [3.8, 4) is 11.5 Å². The molecule has 0 amide bonds. The van der Waals surface area contributed by atoms with E-state index >= 15 is 0 Å². The second-order valence-electron chi connectivity index (χ2n) is 3.80.